The predicted octanol–water partition coefficient (Wildman–Crippen LogP) is 2.92. The standard InChI is InChI=1S/C14H21NO2/c1-14(2)6-3-12(4-7-14)17-13-5-8-15-9-11(13)10-16/h5,8-9,12,16H,3-4,6-7,10H2,1-2H3. The summed E-state index contributed by atoms with van der Waals surface area (Å²) in [7, 11) is 0. The Hall–Kier alpha value is -1.09. The molecule has 1 fully saturated rings. The third-order valence-corrected chi connectivity index (χ3v) is 3.61. The first-order valence-electron chi connectivity index (χ1n) is 6.31. The van der Waals surface area contributed by atoms with Crippen molar-refractivity contribution in [3.63, 3.8) is 0 Å². The van der Waals surface area contributed by atoms with Crippen molar-refractivity contribution in [3.05, 3.63) is 24.0 Å². The van der Waals surface area contributed by atoms with Gasteiger partial charge >= 0.3 is 0 Å². The van der Waals surface area contributed by atoms with Gasteiger partial charge in [-0.05, 0) is 37.2 Å². The van der Waals surface area contributed by atoms with Crippen molar-refractivity contribution in [2.24, 2.45) is 5.41 Å². The molecule has 0 aromatic carbocycles. The van der Waals surface area contributed by atoms with Crippen LogP contribution < -0.4 is 4.74 Å². The van der Waals surface area contributed by atoms with Crippen molar-refractivity contribution in [1.82, 2.24) is 4.98 Å². The second-order valence-corrected chi connectivity index (χ2v) is 5.62. The fourth-order valence-corrected chi connectivity index (χ4v) is 2.32. The molecule has 0 radical (unpaired) electrons. The fraction of sp³-hybridized carbons (Fsp3) is 0.643. The largest absolute Gasteiger partial charge is 0.490 e. The molecule has 0 amide bonds. The minimum Gasteiger partial charge on any atom is -0.490 e. The Morgan fingerprint density at radius 2 is 2.12 bits per heavy atom. The Kier molecular flexibility index (Phi) is 3.67. The summed E-state index contributed by atoms with van der Waals surface area (Å²) >= 11 is 0. The molecule has 0 spiro atoms. The Bertz CT molecular complexity index is 366. The zero-order valence-corrected chi connectivity index (χ0v) is 10.6. The lowest BCUT2D eigenvalue weighted by Crippen LogP contribution is -2.28. The first kappa shape index (κ1) is 12.4. The van der Waals surface area contributed by atoms with Gasteiger partial charge in [0.25, 0.3) is 0 Å². The van der Waals surface area contributed by atoms with Crippen molar-refractivity contribution < 1.29 is 9.84 Å². The first-order valence-corrected chi connectivity index (χ1v) is 6.31. The lowest BCUT2D eigenvalue weighted by Gasteiger charge is -2.34. The monoisotopic (exact) mass is 235 g/mol. The molecule has 0 bridgehead atoms. The zero-order valence-electron chi connectivity index (χ0n) is 10.6. The highest BCUT2D eigenvalue weighted by atomic mass is 16.5. The number of hydrogen-bond acceptors (Lipinski definition) is 3. The normalized spacial score (nSPS) is 20.2. The van der Waals surface area contributed by atoms with Crippen LogP contribution in [-0.4, -0.2) is 16.2 Å². The average Bonchev–Trinajstić information content (AvgIpc) is 2.32. The Morgan fingerprint density at radius 3 is 2.76 bits per heavy atom. The lowest BCUT2D eigenvalue weighted by molar-refractivity contribution is 0.0963. The lowest BCUT2D eigenvalue weighted by atomic mass is 9.76. The summed E-state index contributed by atoms with van der Waals surface area (Å²) in [5.74, 6) is 0.784. The van der Waals surface area contributed by atoms with Crippen molar-refractivity contribution in [1.29, 1.82) is 0 Å². The highest BCUT2D eigenvalue weighted by Crippen LogP contribution is 2.36. The van der Waals surface area contributed by atoms with Gasteiger partial charge in [0.05, 0.1) is 12.7 Å². The number of aliphatic hydroxyl groups excluding tert-OH is 1. The highest BCUT2D eigenvalue weighted by molar-refractivity contribution is 5.29. The van der Waals surface area contributed by atoms with E-state index in [0.29, 0.717) is 5.41 Å². The Labute approximate surface area is 103 Å². The van der Waals surface area contributed by atoms with E-state index in [2.05, 4.69) is 18.8 Å². The van der Waals surface area contributed by atoms with E-state index in [4.69, 9.17) is 4.74 Å². The molecule has 0 atom stereocenters. The van der Waals surface area contributed by atoms with Gasteiger partial charge in [-0.1, -0.05) is 13.8 Å². The minimum atomic E-state index is -0.0125. The molecular weight excluding hydrogens is 214 g/mol. The Morgan fingerprint density at radius 1 is 1.41 bits per heavy atom. The van der Waals surface area contributed by atoms with Crippen LogP contribution in [0.15, 0.2) is 18.5 Å². The van der Waals surface area contributed by atoms with Crippen LogP contribution in [0.25, 0.3) is 0 Å². The van der Waals surface area contributed by atoms with Crippen LogP contribution in [0.3, 0.4) is 0 Å². The van der Waals surface area contributed by atoms with Crippen molar-refractivity contribution in [2.75, 3.05) is 0 Å². The molecule has 1 aliphatic carbocycles. The molecule has 1 aromatic rings. The third kappa shape index (κ3) is 3.19. The number of hydrogen-bond donors (Lipinski definition) is 1. The molecule has 1 aliphatic rings. The van der Waals surface area contributed by atoms with E-state index in [0.717, 1.165) is 24.2 Å². The smallest absolute Gasteiger partial charge is 0.128 e. The number of pyridine rings is 1. The van der Waals surface area contributed by atoms with Crippen LogP contribution >= 0.6 is 0 Å². The molecule has 3 nitrogen and oxygen atoms in total. The van der Waals surface area contributed by atoms with Gasteiger partial charge in [0.15, 0.2) is 0 Å². The number of nitrogens with zero attached hydrogens (tertiary/aromatic N) is 1. The topological polar surface area (TPSA) is 42.4 Å². The van der Waals surface area contributed by atoms with Crippen LogP contribution in [0.2, 0.25) is 0 Å². The maximum atomic E-state index is 9.21. The molecule has 94 valence electrons. The summed E-state index contributed by atoms with van der Waals surface area (Å²) < 4.78 is 5.97. The van der Waals surface area contributed by atoms with Gasteiger partial charge in [-0.25, -0.2) is 0 Å². The van der Waals surface area contributed by atoms with Crippen LogP contribution in [-0.2, 0) is 6.61 Å². The minimum absolute atomic E-state index is 0.0125. The Balaban J connectivity index is 1.98. The van der Waals surface area contributed by atoms with E-state index in [1.807, 2.05) is 6.07 Å². The molecule has 17 heavy (non-hydrogen) atoms. The summed E-state index contributed by atoms with van der Waals surface area (Å²) in [6.07, 6.45) is 8.27. The summed E-state index contributed by atoms with van der Waals surface area (Å²) in [5, 5.41) is 9.21. The number of aromatic nitrogens is 1. The van der Waals surface area contributed by atoms with Crippen molar-refractivity contribution >= 4 is 0 Å². The van der Waals surface area contributed by atoms with E-state index in [9.17, 15) is 5.11 Å². The van der Waals surface area contributed by atoms with Crippen LogP contribution in [0.1, 0.15) is 45.1 Å². The molecule has 1 N–H and O–H groups in total. The summed E-state index contributed by atoms with van der Waals surface area (Å²) in [5.41, 5.74) is 1.23. The second kappa shape index (κ2) is 5.05. The van der Waals surface area contributed by atoms with Crippen molar-refractivity contribution in [3.8, 4) is 5.75 Å². The van der Waals surface area contributed by atoms with E-state index in [1.54, 1.807) is 12.4 Å². The quantitative estimate of drug-likeness (QED) is 0.876. The second-order valence-electron chi connectivity index (χ2n) is 5.62. The molecule has 1 saturated carbocycles. The van der Waals surface area contributed by atoms with Crippen LogP contribution in [0.5, 0.6) is 5.75 Å². The maximum absolute atomic E-state index is 9.21. The molecule has 1 aromatic heterocycles. The number of rotatable bonds is 3. The molecule has 3 heteroatoms. The van der Waals surface area contributed by atoms with Gasteiger partial charge < -0.3 is 9.84 Å². The fourth-order valence-electron chi connectivity index (χ4n) is 2.32. The molecule has 0 unspecified atom stereocenters. The maximum Gasteiger partial charge on any atom is 0.128 e. The SMILES string of the molecule is CC1(C)CCC(Oc2ccncc2CO)CC1. The average molecular weight is 235 g/mol. The molecular formula is C14H21NO2. The number of ether oxygens (including phenoxy) is 1. The van der Waals surface area contributed by atoms with E-state index in [-0.39, 0.29) is 12.7 Å². The number of aliphatic hydroxyl groups is 1. The molecule has 1 heterocycles. The van der Waals surface area contributed by atoms with E-state index >= 15 is 0 Å². The summed E-state index contributed by atoms with van der Waals surface area (Å²) in [6, 6.07) is 1.84. The zero-order chi connectivity index (χ0) is 12.3. The first-order chi connectivity index (χ1) is 8.11. The van der Waals surface area contributed by atoms with Crippen LogP contribution in [0.4, 0.5) is 0 Å². The third-order valence-electron chi connectivity index (χ3n) is 3.61. The van der Waals surface area contributed by atoms with Gasteiger partial charge in [0.2, 0.25) is 0 Å². The van der Waals surface area contributed by atoms with Crippen molar-refractivity contribution in [2.45, 2.75) is 52.2 Å². The highest BCUT2D eigenvalue weighted by Gasteiger charge is 2.28. The molecule has 0 saturated heterocycles. The van der Waals surface area contributed by atoms with E-state index in [1.165, 1.54) is 12.8 Å². The van der Waals surface area contributed by atoms with E-state index < -0.39 is 0 Å². The summed E-state index contributed by atoms with van der Waals surface area (Å²) in [6.45, 7) is 4.62. The van der Waals surface area contributed by atoms with Gasteiger partial charge in [0, 0.05) is 18.0 Å². The molecule has 0 aliphatic heterocycles. The van der Waals surface area contributed by atoms with Gasteiger partial charge in [-0.3, -0.25) is 4.98 Å². The van der Waals surface area contributed by atoms with Gasteiger partial charge in [-0.15, -0.1) is 0 Å². The van der Waals surface area contributed by atoms with Gasteiger partial charge in [-0.2, -0.15) is 0 Å². The molecule has 2 rings (SSSR count). The van der Waals surface area contributed by atoms with Crippen LogP contribution in [0, 0.1) is 5.41 Å². The summed E-state index contributed by atoms with van der Waals surface area (Å²) in [4.78, 5) is 3.99. The predicted molar refractivity (Wildman–Crippen MR) is 66.8 cm³/mol. The van der Waals surface area contributed by atoms with Gasteiger partial charge in [0.1, 0.15) is 5.75 Å².